The van der Waals surface area contributed by atoms with Crippen LogP contribution in [-0.2, 0) is 0 Å². The van der Waals surface area contributed by atoms with E-state index in [1.807, 2.05) is 61.6 Å². The zero-order valence-corrected chi connectivity index (χ0v) is 34.2. The van der Waals surface area contributed by atoms with E-state index in [9.17, 15) is 0 Å². The van der Waals surface area contributed by atoms with Crippen molar-refractivity contribution in [3.63, 3.8) is 0 Å². The maximum absolute atomic E-state index is 6.36. The lowest BCUT2D eigenvalue weighted by atomic mass is 9.98. The molecule has 0 unspecified atom stereocenters. The van der Waals surface area contributed by atoms with Crippen LogP contribution >= 0.6 is 11.3 Å². The number of nitrogens with zero attached hydrogens (tertiary/aromatic N) is 4. The Balaban J connectivity index is 0.00000197. The van der Waals surface area contributed by atoms with E-state index >= 15 is 0 Å². The Bertz CT molecular complexity index is 3860. The molecule has 4 heterocycles. The normalized spacial score (nSPS) is 11.8. The van der Waals surface area contributed by atoms with Crippen LogP contribution in [0.15, 0.2) is 186 Å². The summed E-state index contributed by atoms with van der Waals surface area (Å²) >= 11 is 1.86. The molecule has 0 amide bonds. The summed E-state index contributed by atoms with van der Waals surface area (Å²) in [5.41, 5.74) is 7.80. The van der Waals surface area contributed by atoms with Gasteiger partial charge < -0.3 is 4.42 Å². The van der Waals surface area contributed by atoms with Gasteiger partial charge in [0.15, 0.2) is 11.6 Å². The van der Waals surface area contributed by atoms with Gasteiger partial charge in [-0.15, -0.1) is 11.3 Å². The van der Waals surface area contributed by atoms with Gasteiger partial charge in [-0.3, -0.25) is 4.57 Å². The van der Waals surface area contributed by atoms with E-state index in [1.165, 1.54) is 41.9 Å². The largest absolute Gasteiger partial charge is 0.456 e. The Labute approximate surface area is 354 Å². The smallest absolute Gasteiger partial charge is 0.238 e. The Morgan fingerprint density at radius 3 is 1.93 bits per heavy atom. The fourth-order valence-electron chi connectivity index (χ4n) is 9.13. The van der Waals surface area contributed by atoms with Crippen LogP contribution in [0.1, 0.15) is 13.8 Å². The highest BCUT2D eigenvalue weighted by atomic mass is 32.1. The van der Waals surface area contributed by atoms with E-state index in [2.05, 4.69) is 150 Å². The fraction of sp³-hybridized carbons (Fsp3) is 0.0364. The van der Waals surface area contributed by atoms with Gasteiger partial charge >= 0.3 is 0 Å². The van der Waals surface area contributed by atoms with Crippen LogP contribution in [0.5, 0.6) is 0 Å². The first-order chi connectivity index (χ1) is 30.2. The van der Waals surface area contributed by atoms with Gasteiger partial charge in [0, 0.05) is 64.0 Å². The molecule has 0 fully saturated rings. The average molecular weight is 801 g/mol. The number of thiophene rings is 1. The van der Waals surface area contributed by atoms with Crippen LogP contribution in [-0.4, -0.2) is 19.5 Å². The second-order valence-electron chi connectivity index (χ2n) is 15.2. The molecular formula is C55H36N4OS. The number of benzene rings is 9. The summed E-state index contributed by atoms with van der Waals surface area (Å²) < 4.78 is 11.2. The topological polar surface area (TPSA) is 56.7 Å². The van der Waals surface area contributed by atoms with Gasteiger partial charge in [-0.05, 0) is 57.9 Å². The maximum atomic E-state index is 6.36. The number of furan rings is 1. The zero-order valence-electron chi connectivity index (χ0n) is 33.4. The van der Waals surface area contributed by atoms with Crippen LogP contribution in [0, 0.1) is 0 Å². The first-order valence-corrected chi connectivity index (χ1v) is 21.6. The minimum Gasteiger partial charge on any atom is -0.456 e. The van der Waals surface area contributed by atoms with E-state index in [4.69, 9.17) is 19.4 Å². The van der Waals surface area contributed by atoms with Gasteiger partial charge in [-0.1, -0.05) is 159 Å². The Morgan fingerprint density at radius 2 is 1.10 bits per heavy atom. The van der Waals surface area contributed by atoms with Crippen molar-refractivity contribution in [3.8, 4) is 39.9 Å². The molecule has 13 aromatic rings. The second-order valence-corrected chi connectivity index (χ2v) is 16.2. The second kappa shape index (κ2) is 14.0. The van der Waals surface area contributed by atoms with Crippen molar-refractivity contribution in [2.45, 2.75) is 13.8 Å². The van der Waals surface area contributed by atoms with Crippen molar-refractivity contribution in [1.82, 2.24) is 19.5 Å². The molecule has 0 aliphatic rings. The summed E-state index contributed by atoms with van der Waals surface area (Å²) in [4.78, 5) is 15.9. The van der Waals surface area contributed by atoms with Crippen molar-refractivity contribution >= 4 is 96.8 Å². The van der Waals surface area contributed by atoms with Crippen molar-refractivity contribution in [2.24, 2.45) is 0 Å². The first kappa shape index (κ1) is 35.3. The molecule has 0 aliphatic carbocycles. The molecular weight excluding hydrogens is 765 g/mol. The van der Waals surface area contributed by atoms with E-state index < -0.39 is 0 Å². The fourth-order valence-corrected chi connectivity index (χ4v) is 10.4. The maximum Gasteiger partial charge on any atom is 0.238 e. The molecule has 9 aromatic carbocycles. The van der Waals surface area contributed by atoms with Crippen molar-refractivity contribution in [2.75, 3.05) is 0 Å². The van der Waals surface area contributed by atoms with Gasteiger partial charge in [-0.25, -0.2) is 4.98 Å². The summed E-state index contributed by atoms with van der Waals surface area (Å²) in [6, 6.07) is 64.4. The molecule has 4 aromatic heterocycles. The summed E-state index contributed by atoms with van der Waals surface area (Å²) in [5.74, 6) is 1.72. The molecule has 5 nitrogen and oxygen atoms in total. The predicted octanol–water partition coefficient (Wildman–Crippen LogP) is 15.6. The van der Waals surface area contributed by atoms with Gasteiger partial charge in [0.2, 0.25) is 5.95 Å². The molecule has 0 spiro atoms. The quantitative estimate of drug-likeness (QED) is 0.178. The van der Waals surface area contributed by atoms with Gasteiger partial charge in [0.25, 0.3) is 0 Å². The summed E-state index contributed by atoms with van der Waals surface area (Å²) in [7, 11) is 0. The molecule has 0 saturated carbocycles. The van der Waals surface area contributed by atoms with Crippen LogP contribution in [0.25, 0.3) is 125 Å². The molecule has 61 heavy (non-hydrogen) atoms. The van der Waals surface area contributed by atoms with Crippen molar-refractivity contribution in [1.29, 1.82) is 0 Å². The number of hydrogen-bond donors (Lipinski definition) is 0. The van der Waals surface area contributed by atoms with Crippen molar-refractivity contribution < 1.29 is 4.42 Å². The van der Waals surface area contributed by atoms with E-state index in [0.29, 0.717) is 17.6 Å². The summed E-state index contributed by atoms with van der Waals surface area (Å²) in [5, 5.41) is 11.9. The van der Waals surface area contributed by atoms with Crippen LogP contribution in [0.4, 0.5) is 0 Å². The summed E-state index contributed by atoms with van der Waals surface area (Å²) in [6.07, 6.45) is 0. The molecule has 0 aliphatic heterocycles. The van der Waals surface area contributed by atoms with Gasteiger partial charge in [0.1, 0.15) is 11.2 Å². The molecule has 0 radical (unpaired) electrons. The molecule has 0 bridgehead atoms. The lowest BCUT2D eigenvalue weighted by molar-refractivity contribution is 0.669. The number of aromatic nitrogens is 4. The zero-order chi connectivity index (χ0) is 40.6. The van der Waals surface area contributed by atoms with E-state index in [1.54, 1.807) is 0 Å². The number of hydrogen-bond acceptors (Lipinski definition) is 5. The monoisotopic (exact) mass is 800 g/mol. The third-order valence-corrected chi connectivity index (χ3v) is 13.0. The first-order valence-electron chi connectivity index (χ1n) is 20.8. The Hall–Kier alpha value is -7.67. The molecule has 13 rings (SSSR count). The molecule has 288 valence electrons. The van der Waals surface area contributed by atoms with E-state index in [0.717, 1.165) is 65.8 Å². The lowest BCUT2D eigenvalue weighted by Gasteiger charge is -2.13. The summed E-state index contributed by atoms with van der Waals surface area (Å²) in [6.45, 7) is 4.00. The molecule has 0 saturated heterocycles. The van der Waals surface area contributed by atoms with E-state index in [-0.39, 0.29) is 0 Å². The minimum atomic E-state index is 0.552. The third-order valence-electron chi connectivity index (χ3n) is 11.8. The highest BCUT2D eigenvalue weighted by Gasteiger charge is 2.23. The number of para-hydroxylation sites is 2. The molecule has 0 N–H and O–H groups in total. The minimum absolute atomic E-state index is 0.552. The lowest BCUT2D eigenvalue weighted by Crippen LogP contribution is -2.07. The van der Waals surface area contributed by atoms with Crippen LogP contribution in [0.2, 0.25) is 0 Å². The van der Waals surface area contributed by atoms with Gasteiger partial charge in [0.05, 0.1) is 11.0 Å². The van der Waals surface area contributed by atoms with Crippen LogP contribution in [0.3, 0.4) is 0 Å². The third kappa shape index (κ3) is 5.49. The average Bonchev–Trinajstić information content (AvgIpc) is 4.01. The Kier molecular flexibility index (Phi) is 8.08. The highest BCUT2D eigenvalue weighted by molar-refractivity contribution is 7.26. The molecule has 6 heteroatoms. The number of fused-ring (bicyclic) bond motifs is 12. The number of rotatable bonds is 4. The van der Waals surface area contributed by atoms with Crippen molar-refractivity contribution in [3.05, 3.63) is 182 Å². The standard InChI is InChI=1S/C53H30N4OS.C2H6/c1-2-13-32(14-3-1)51-54-52(35-24-26-38-37-18-8-9-23-45(37)58-46(38)30-35)56-53(55-51)57-44-29-34-16-5-4-15-33(34)28-43(44)40-20-10-19-39(49(40)57)41-21-11-22-42-48-36-17-7-6-12-31(36)25-27-47(48)59-50(41)42;1-2/h1-30H;1-2H3. The molecule has 0 atom stereocenters. The van der Waals surface area contributed by atoms with Gasteiger partial charge in [-0.2, -0.15) is 9.97 Å². The highest BCUT2D eigenvalue weighted by Crippen LogP contribution is 2.46. The van der Waals surface area contributed by atoms with Crippen LogP contribution < -0.4 is 0 Å². The predicted molar refractivity (Wildman–Crippen MR) is 257 cm³/mol. The Morgan fingerprint density at radius 1 is 0.443 bits per heavy atom. The SMILES string of the molecule is CC.c1ccc(-c2nc(-c3ccc4c(c3)oc3ccccc34)nc(-n3c4cc5ccccc5cc4c4cccc(-c5cccc6c5sc5ccc7ccccc7c56)c43)n2)cc1.